The van der Waals surface area contributed by atoms with Crippen molar-refractivity contribution in [1.82, 2.24) is 30.1 Å². The Morgan fingerprint density at radius 2 is 1.93 bits per heavy atom. The first-order valence-corrected chi connectivity index (χ1v) is 10.3. The Balaban J connectivity index is 1.38. The Labute approximate surface area is 166 Å². The highest BCUT2D eigenvalue weighted by atomic mass is 16.2. The van der Waals surface area contributed by atoms with Crippen LogP contribution in [0.25, 0.3) is 0 Å². The molecule has 0 spiro atoms. The number of nitrogens with one attached hydrogen (secondary N) is 1. The molecule has 3 heterocycles. The van der Waals surface area contributed by atoms with Crippen molar-refractivity contribution >= 4 is 5.91 Å². The lowest BCUT2D eigenvalue weighted by Crippen LogP contribution is -2.47. The van der Waals surface area contributed by atoms with Crippen LogP contribution < -0.4 is 5.32 Å². The first-order chi connectivity index (χ1) is 13.6. The Hall–Kier alpha value is -2.25. The lowest BCUT2D eigenvalue weighted by Gasteiger charge is -2.40. The van der Waals surface area contributed by atoms with Gasteiger partial charge in [0.2, 0.25) is 0 Å². The van der Waals surface area contributed by atoms with E-state index in [9.17, 15) is 4.79 Å². The van der Waals surface area contributed by atoms with Gasteiger partial charge < -0.3 is 10.2 Å². The van der Waals surface area contributed by atoms with Crippen molar-refractivity contribution in [2.45, 2.75) is 31.7 Å². The van der Waals surface area contributed by atoms with Crippen molar-refractivity contribution in [3.05, 3.63) is 47.8 Å². The summed E-state index contributed by atoms with van der Waals surface area (Å²) in [6.07, 6.45) is 3.91. The van der Waals surface area contributed by atoms with Crippen molar-refractivity contribution in [1.29, 1.82) is 0 Å². The van der Waals surface area contributed by atoms with Crippen LogP contribution in [-0.4, -0.2) is 76.5 Å². The zero-order chi connectivity index (χ0) is 19.4. The van der Waals surface area contributed by atoms with Gasteiger partial charge in [0.05, 0.1) is 12.7 Å². The standard InChI is InChI=1S/C21H30N6O/c1-21(18-6-3-2-4-7-18)8-5-11-26(17-21)20(28)19-16-27(24-23-19)15-14-25-12-9-22-10-13-25/h2-4,6-7,16,22H,5,8-15,17H2,1H3/t21-/m0/s1. The van der Waals surface area contributed by atoms with E-state index in [-0.39, 0.29) is 11.3 Å². The van der Waals surface area contributed by atoms with Gasteiger partial charge >= 0.3 is 0 Å². The van der Waals surface area contributed by atoms with E-state index in [4.69, 9.17) is 0 Å². The molecule has 28 heavy (non-hydrogen) atoms. The van der Waals surface area contributed by atoms with Crippen molar-refractivity contribution in [2.75, 3.05) is 45.8 Å². The fraction of sp³-hybridized carbons (Fsp3) is 0.571. The summed E-state index contributed by atoms with van der Waals surface area (Å²) >= 11 is 0. The predicted molar refractivity (Wildman–Crippen MR) is 108 cm³/mol. The van der Waals surface area contributed by atoms with Gasteiger partial charge in [-0.1, -0.05) is 42.5 Å². The minimum atomic E-state index is -0.00649. The van der Waals surface area contributed by atoms with E-state index in [2.05, 4.69) is 51.7 Å². The Bertz CT molecular complexity index is 785. The van der Waals surface area contributed by atoms with E-state index in [1.807, 2.05) is 11.0 Å². The van der Waals surface area contributed by atoms with E-state index in [0.717, 1.165) is 65.2 Å². The van der Waals surface area contributed by atoms with Crippen LogP contribution in [0.3, 0.4) is 0 Å². The van der Waals surface area contributed by atoms with Gasteiger partial charge in [0.15, 0.2) is 5.69 Å². The molecular formula is C21H30N6O. The minimum absolute atomic E-state index is 0.00437. The summed E-state index contributed by atoms with van der Waals surface area (Å²) in [6, 6.07) is 10.5. The summed E-state index contributed by atoms with van der Waals surface area (Å²) in [4.78, 5) is 17.4. The monoisotopic (exact) mass is 382 g/mol. The molecule has 4 rings (SSSR count). The third-order valence-electron chi connectivity index (χ3n) is 6.07. The molecule has 2 aliphatic rings. The fourth-order valence-electron chi connectivity index (χ4n) is 4.34. The maximum absolute atomic E-state index is 13.0. The number of likely N-dealkylation sites (tertiary alicyclic amines) is 1. The zero-order valence-electron chi connectivity index (χ0n) is 16.7. The highest BCUT2D eigenvalue weighted by Gasteiger charge is 2.35. The van der Waals surface area contributed by atoms with E-state index >= 15 is 0 Å². The molecule has 1 atom stereocenters. The molecule has 2 fully saturated rings. The van der Waals surface area contributed by atoms with Crippen LogP contribution >= 0.6 is 0 Å². The summed E-state index contributed by atoms with van der Waals surface area (Å²) < 4.78 is 1.80. The van der Waals surface area contributed by atoms with Crippen molar-refractivity contribution in [3.8, 4) is 0 Å². The van der Waals surface area contributed by atoms with E-state index in [1.54, 1.807) is 10.9 Å². The smallest absolute Gasteiger partial charge is 0.276 e. The fourth-order valence-corrected chi connectivity index (χ4v) is 4.34. The summed E-state index contributed by atoms with van der Waals surface area (Å²) in [6.45, 7) is 9.67. The molecule has 2 aliphatic heterocycles. The lowest BCUT2D eigenvalue weighted by atomic mass is 9.76. The third-order valence-corrected chi connectivity index (χ3v) is 6.07. The molecule has 0 aliphatic carbocycles. The van der Waals surface area contributed by atoms with Gasteiger partial charge in [0.25, 0.3) is 5.91 Å². The summed E-state index contributed by atoms with van der Waals surface area (Å²) in [5.74, 6) is -0.00437. The molecule has 150 valence electrons. The number of hydrogen-bond donors (Lipinski definition) is 1. The number of hydrogen-bond acceptors (Lipinski definition) is 5. The minimum Gasteiger partial charge on any atom is -0.336 e. The molecule has 0 unspecified atom stereocenters. The van der Waals surface area contributed by atoms with Gasteiger partial charge in [-0.05, 0) is 18.4 Å². The zero-order valence-corrected chi connectivity index (χ0v) is 16.7. The van der Waals surface area contributed by atoms with Crippen LogP contribution in [0.1, 0.15) is 35.8 Å². The predicted octanol–water partition coefficient (Wildman–Crippen LogP) is 1.38. The molecular weight excluding hydrogens is 352 g/mol. The highest BCUT2D eigenvalue weighted by molar-refractivity contribution is 5.92. The summed E-state index contributed by atoms with van der Waals surface area (Å²) in [7, 11) is 0. The molecule has 1 aromatic heterocycles. The Morgan fingerprint density at radius 1 is 1.14 bits per heavy atom. The third kappa shape index (κ3) is 4.25. The molecule has 7 heteroatoms. The number of piperidine rings is 1. The number of amides is 1. The summed E-state index contributed by atoms with van der Waals surface area (Å²) in [5, 5.41) is 11.7. The average Bonchev–Trinajstić information content (AvgIpc) is 3.22. The second-order valence-electron chi connectivity index (χ2n) is 8.22. The molecule has 2 aromatic rings. The number of aromatic nitrogens is 3. The van der Waals surface area contributed by atoms with Gasteiger partial charge in [0.1, 0.15) is 0 Å². The van der Waals surface area contributed by atoms with E-state index in [1.165, 1.54) is 5.56 Å². The maximum atomic E-state index is 13.0. The highest BCUT2D eigenvalue weighted by Crippen LogP contribution is 2.33. The molecule has 0 saturated carbocycles. The molecule has 2 saturated heterocycles. The Kier molecular flexibility index (Phi) is 5.73. The summed E-state index contributed by atoms with van der Waals surface area (Å²) in [5.41, 5.74) is 1.75. The van der Waals surface area contributed by atoms with Crippen LogP contribution in [0.5, 0.6) is 0 Å². The number of carbonyl (C=O) groups excluding carboxylic acids is 1. The number of carbonyl (C=O) groups is 1. The number of benzene rings is 1. The quantitative estimate of drug-likeness (QED) is 0.846. The second kappa shape index (κ2) is 8.41. The molecule has 7 nitrogen and oxygen atoms in total. The Morgan fingerprint density at radius 3 is 2.71 bits per heavy atom. The number of rotatable bonds is 5. The lowest BCUT2D eigenvalue weighted by molar-refractivity contribution is 0.0645. The van der Waals surface area contributed by atoms with Crippen LogP contribution in [0.15, 0.2) is 36.5 Å². The van der Waals surface area contributed by atoms with Crippen LogP contribution in [-0.2, 0) is 12.0 Å². The number of piperazine rings is 1. The average molecular weight is 383 g/mol. The van der Waals surface area contributed by atoms with Gasteiger partial charge in [-0.3, -0.25) is 14.4 Å². The van der Waals surface area contributed by atoms with E-state index < -0.39 is 0 Å². The topological polar surface area (TPSA) is 66.3 Å². The molecule has 1 amide bonds. The normalized spacial score (nSPS) is 23.7. The van der Waals surface area contributed by atoms with E-state index in [0.29, 0.717) is 5.69 Å². The SMILES string of the molecule is C[C@]1(c2ccccc2)CCCN(C(=O)c2cn(CCN3CCNCC3)nn2)C1. The first-order valence-electron chi connectivity index (χ1n) is 10.3. The molecule has 1 aromatic carbocycles. The van der Waals surface area contributed by atoms with Gasteiger partial charge in [-0.15, -0.1) is 5.10 Å². The second-order valence-corrected chi connectivity index (χ2v) is 8.22. The van der Waals surface area contributed by atoms with Gasteiger partial charge in [-0.2, -0.15) is 0 Å². The van der Waals surface area contributed by atoms with Gasteiger partial charge in [-0.25, -0.2) is 0 Å². The molecule has 0 radical (unpaired) electrons. The van der Waals surface area contributed by atoms with Crippen LogP contribution in [0.2, 0.25) is 0 Å². The molecule has 1 N–H and O–H groups in total. The van der Waals surface area contributed by atoms with Crippen molar-refractivity contribution < 1.29 is 4.79 Å². The largest absolute Gasteiger partial charge is 0.336 e. The molecule has 0 bridgehead atoms. The van der Waals surface area contributed by atoms with Crippen molar-refractivity contribution in [2.24, 2.45) is 0 Å². The van der Waals surface area contributed by atoms with Crippen LogP contribution in [0, 0.1) is 0 Å². The van der Waals surface area contributed by atoms with Gasteiger partial charge in [0, 0.05) is 51.2 Å². The van der Waals surface area contributed by atoms with Crippen molar-refractivity contribution in [3.63, 3.8) is 0 Å². The number of nitrogens with zero attached hydrogens (tertiary/aromatic N) is 5. The first kappa shape index (κ1) is 19.1. The maximum Gasteiger partial charge on any atom is 0.276 e. The van der Waals surface area contributed by atoms with Crippen LogP contribution in [0.4, 0.5) is 0 Å².